The van der Waals surface area contributed by atoms with E-state index in [1.54, 1.807) is 12.1 Å². The first-order valence-electron chi connectivity index (χ1n) is 9.67. The van der Waals surface area contributed by atoms with Crippen molar-refractivity contribution in [2.75, 3.05) is 5.32 Å². The van der Waals surface area contributed by atoms with Crippen LogP contribution in [0.3, 0.4) is 0 Å². The Balaban J connectivity index is 1.30. The fourth-order valence-electron chi connectivity index (χ4n) is 2.98. The molecule has 1 aromatic heterocycles. The van der Waals surface area contributed by atoms with Crippen LogP contribution in [-0.2, 0) is 12.7 Å². The quantitative estimate of drug-likeness (QED) is 0.295. The molecule has 0 saturated carbocycles. The van der Waals surface area contributed by atoms with E-state index in [2.05, 4.69) is 25.8 Å². The molecule has 0 aliphatic rings. The van der Waals surface area contributed by atoms with Gasteiger partial charge >= 0.3 is 6.18 Å². The number of carbonyl (C=O) groups is 1. The van der Waals surface area contributed by atoms with Gasteiger partial charge in [-0.3, -0.25) is 4.79 Å². The predicted molar refractivity (Wildman–Crippen MR) is 116 cm³/mol. The first-order chi connectivity index (χ1) is 15.4. The smallest absolute Gasteiger partial charge is 0.352 e. The lowest BCUT2D eigenvalue weighted by molar-refractivity contribution is -0.137. The van der Waals surface area contributed by atoms with Crippen LogP contribution in [-0.4, -0.2) is 22.1 Å². The van der Waals surface area contributed by atoms with Crippen LogP contribution < -0.4 is 10.7 Å². The summed E-state index contributed by atoms with van der Waals surface area (Å²) in [6, 6.07) is 19.1. The van der Waals surface area contributed by atoms with Crippen LogP contribution in [0.2, 0.25) is 0 Å². The molecule has 0 atom stereocenters. The van der Waals surface area contributed by atoms with Gasteiger partial charge in [0, 0.05) is 12.1 Å². The Hall–Kier alpha value is -4.14. The number of carbonyl (C=O) groups excluding carboxylic acids is 1. The highest BCUT2D eigenvalue weighted by molar-refractivity contribution is 5.94. The topological polar surface area (TPSA) is 82.2 Å². The number of nitrogens with zero attached hydrogens (tertiary/aromatic N) is 2. The summed E-state index contributed by atoms with van der Waals surface area (Å²) in [6.07, 6.45) is -3.11. The number of rotatable bonds is 6. The van der Waals surface area contributed by atoms with Crippen LogP contribution in [0.5, 0.6) is 0 Å². The van der Waals surface area contributed by atoms with E-state index in [4.69, 9.17) is 0 Å². The minimum Gasteiger partial charge on any atom is -0.352 e. The Labute approximate surface area is 181 Å². The molecular weight excluding hydrogens is 419 g/mol. The van der Waals surface area contributed by atoms with Gasteiger partial charge < -0.3 is 10.3 Å². The molecule has 0 unspecified atom stereocenters. The van der Waals surface area contributed by atoms with Crippen LogP contribution in [0.4, 0.5) is 19.1 Å². The Kier molecular flexibility index (Phi) is 5.89. The summed E-state index contributed by atoms with van der Waals surface area (Å²) in [5, 5.41) is 7.00. The van der Waals surface area contributed by atoms with Gasteiger partial charge in [0.15, 0.2) is 0 Å². The number of benzene rings is 3. The molecule has 0 radical (unpaired) electrons. The van der Waals surface area contributed by atoms with Crippen molar-refractivity contribution < 1.29 is 18.0 Å². The number of aromatic amines is 1. The average molecular weight is 437 g/mol. The molecular formula is C23H18F3N5O. The number of alkyl halides is 3. The zero-order valence-corrected chi connectivity index (χ0v) is 16.6. The van der Waals surface area contributed by atoms with E-state index >= 15 is 0 Å². The zero-order chi connectivity index (χ0) is 22.6. The molecule has 3 aromatic carbocycles. The van der Waals surface area contributed by atoms with E-state index in [0.29, 0.717) is 23.6 Å². The number of imidazole rings is 1. The summed E-state index contributed by atoms with van der Waals surface area (Å²) in [7, 11) is 0. The van der Waals surface area contributed by atoms with Gasteiger partial charge in [0.1, 0.15) is 0 Å². The molecule has 9 heteroatoms. The van der Waals surface area contributed by atoms with Crippen LogP contribution in [0, 0.1) is 0 Å². The van der Waals surface area contributed by atoms with E-state index in [1.165, 1.54) is 18.3 Å². The van der Waals surface area contributed by atoms with Crippen molar-refractivity contribution in [2.24, 2.45) is 5.10 Å². The van der Waals surface area contributed by atoms with Gasteiger partial charge in [-0.2, -0.15) is 18.3 Å². The van der Waals surface area contributed by atoms with Crippen molar-refractivity contribution in [3.63, 3.8) is 0 Å². The molecule has 4 aromatic rings. The Bertz CT molecular complexity index is 1210. The van der Waals surface area contributed by atoms with Crippen LogP contribution in [0.1, 0.15) is 27.0 Å². The van der Waals surface area contributed by atoms with Crippen molar-refractivity contribution in [2.45, 2.75) is 12.7 Å². The van der Waals surface area contributed by atoms with Crippen LogP contribution in [0.25, 0.3) is 11.0 Å². The maximum atomic E-state index is 12.6. The highest BCUT2D eigenvalue weighted by atomic mass is 19.4. The number of amides is 1. The highest BCUT2D eigenvalue weighted by Gasteiger charge is 2.29. The zero-order valence-electron chi connectivity index (χ0n) is 16.6. The molecule has 3 N–H and O–H groups in total. The lowest BCUT2D eigenvalue weighted by Crippen LogP contribution is -2.17. The lowest BCUT2D eigenvalue weighted by Gasteiger charge is -2.06. The number of hydrogen-bond donors (Lipinski definition) is 3. The highest BCUT2D eigenvalue weighted by Crippen LogP contribution is 2.28. The summed E-state index contributed by atoms with van der Waals surface area (Å²) in [5.74, 6) is 0.232. The molecule has 0 fully saturated rings. The largest absolute Gasteiger partial charge is 0.416 e. The van der Waals surface area contributed by atoms with Gasteiger partial charge in [0.25, 0.3) is 5.91 Å². The number of H-pyrrole nitrogens is 1. The van der Waals surface area contributed by atoms with Crippen molar-refractivity contribution in [3.8, 4) is 0 Å². The van der Waals surface area contributed by atoms with Crippen molar-refractivity contribution in [1.29, 1.82) is 0 Å². The summed E-state index contributed by atoms with van der Waals surface area (Å²) < 4.78 is 37.7. The molecule has 6 nitrogen and oxygen atoms in total. The maximum Gasteiger partial charge on any atom is 0.416 e. The normalized spacial score (nSPS) is 11.7. The number of fused-ring (bicyclic) bond motifs is 1. The average Bonchev–Trinajstić information content (AvgIpc) is 3.21. The van der Waals surface area contributed by atoms with Gasteiger partial charge in [0.2, 0.25) is 5.95 Å². The van der Waals surface area contributed by atoms with Gasteiger partial charge in [-0.25, -0.2) is 10.4 Å². The second kappa shape index (κ2) is 8.93. The number of para-hydroxylation sites is 2. The van der Waals surface area contributed by atoms with E-state index in [-0.39, 0.29) is 0 Å². The Morgan fingerprint density at radius 2 is 1.72 bits per heavy atom. The molecule has 0 bridgehead atoms. The number of anilines is 1. The molecule has 0 saturated heterocycles. The SMILES string of the molecule is O=C(N/N=C/c1ccc(C(F)(F)F)cc1)c1ccc(CNc2nc3ccccc3[nH]2)cc1. The minimum absolute atomic E-state index is 0.405. The molecule has 0 aliphatic heterocycles. The Morgan fingerprint density at radius 3 is 2.41 bits per heavy atom. The number of halogens is 3. The fourth-order valence-corrected chi connectivity index (χ4v) is 2.98. The van der Waals surface area contributed by atoms with E-state index in [9.17, 15) is 18.0 Å². The van der Waals surface area contributed by atoms with Crippen LogP contribution in [0.15, 0.2) is 77.9 Å². The molecule has 32 heavy (non-hydrogen) atoms. The second-order valence-electron chi connectivity index (χ2n) is 6.97. The first kappa shape index (κ1) is 21.1. The van der Waals surface area contributed by atoms with Crippen molar-refractivity contribution >= 4 is 29.1 Å². The summed E-state index contributed by atoms with van der Waals surface area (Å²) in [6.45, 7) is 0.522. The van der Waals surface area contributed by atoms with Crippen LogP contribution >= 0.6 is 0 Å². The van der Waals surface area contributed by atoms with Gasteiger partial charge in [-0.15, -0.1) is 0 Å². The minimum atomic E-state index is -4.39. The molecule has 1 heterocycles. The standard InChI is InChI=1S/C23H18F3N5O/c24-23(25,26)18-11-7-16(8-12-18)14-28-31-21(32)17-9-5-15(6-10-17)13-27-22-29-19-3-1-2-4-20(19)30-22/h1-12,14H,13H2,(H,31,32)(H2,27,29,30)/b28-14+. The van der Waals surface area contributed by atoms with E-state index in [0.717, 1.165) is 28.7 Å². The van der Waals surface area contributed by atoms with Gasteiger partial charge in [-0.05, 0) is 47.5 Å². The number of nitrogens with one attached hydrogen (secondary N) is 3. The second-order valence-corrected chi connectivity index (χ2v) is 6.97. The third kappa shape index (κ3) is 5.12. The third-order valence-electron chi connectivity index (χ3n) is 4.68. The molecule has 162 valence electrons. The summed E-state index contributed by atoms with van der Waals surface area (Å²) in [5.41, 5.74) is 5.23. The number of hydrazone groups is 1. The number of aromatic nitrogens is 2. The van der Waals surface area contributed by atoms with Crippen molar-refractivity contribution in [1.82, 2.24) is 15.4 Å². The third-order valence-corrected chi connectivity index (χ3v) is 4.68. The fraction of sp³-hybridized carbons (Fsp3) is 0.0870. The molecule has 0 spiro atoms. The first-order valence-corrected chi connectivity index (χ1v) is 9.67. The van der Waals surface area contributed by atoms with Gasteiger partial charge in [-0.1, -0.05) is 36.4 Å². The van der Waals surface area contributed by atoms with Crippen molar-refractivity contribution in [3.05, 3.63) is 95.1 Å². The number of hydrogen-bond acceptors (Lipinski definition) is 4. The maximum absolute atomic E-state index is 12.6. The van der Waals surface area contributed by atoms with E-state index < -0.39 is 17.6 Å². The Morgan fingerprint density at radius 1 is 1.00 bits per heavy atom. The molecule has 1 amide bonds. The van der Waals surface area contributed by atoms with E-state index in [1.807, 2.05) is 36.4 Å². The molecule has 0 aliphatic carbocycles. The summed E-state index contributed by atoms with van der Waals surface area (Å²) >= 11 is 0. The molecule has 4 rings (SSSR count). The summed E-state index contributed by atoms with van der Waals surface area (Å²) in [4.78, 5) is 19.8. The lowest BCUT2D eigenvalue weighted by atomic mass is 10.1. The van der Waals surface area contributed by atoms with Gasteiger partial charge in [0.05, 0.1) is 22.8 Å². The predicted octanol–water partition coefficient (Wildman–Crippen LogP) is 4.96. The monoisotopic (exact) mass is 437 g/mol.